The molecule has 0 aliphatic carbocycles. The molecular formula is C20H33N3O3S. The predicted octanol–water partition coefficient (Wildman–Crippen LogP) is 3.81. The van der Waals surface area contributed by atoms with Crippen molar-refractivity contribution in [3.8, 4) is 0 Å². The molecule has 0 aromatic carbocycles. The zero-order chi connectivity index (χ0) is 19.8. The second-order valence-electron chi connectivity index (χ2n) is 7.40. The Hall–Kier alpha value is -1.60. The van der Waals surface area contributed by atoms with Crippen LogP contribution in [0.1, 0.15) is 56.9 Å². The van der Waals surface area contributed by atoms with Crippen LogP contribution in [0.5, 0.6) is 0 Å². The minimum Gasteiger partial charge on any atom is -0.480 e. The van der Waals surface area contributed by atoms with Crippen LogP contribution >= 0.6 is 11.3 Å². The minimum atomic E-state index is -0.805. The molecule has 0 saturated carbocycles. The average molecular weight is 396 g/mol. The van der Waals surface area contributed by atoms with Crippen LogP contribution in [0.25, 0.3) is 0 Å². The molecule has 1 aromatic rings. The fourth-order valence-corrected chi connectivity index (χ4v) is 4.81. The summed E-state index contributed by atoms with van der Waals surface area (Å²) in [6.45, 7) is 5.79. The number of carbonyl (C=O) groups is 2. The summed E-state index contributed by atoms with van der Waals surface area (Å²) in [5.74, 6) is -0.380. The van der Waals surface area contributed by atoms with Gasteiger partial charge in [-0.2, -0.15) is 0 Å². The van der Waals surface area contributed by atoms with Crippen LogP contribution in [0.3, 0.4) is 0 Å². The van der Waals surface area contributed by atoms with E-state index in [0.29, 0.717) is 12.5 Å². The number of urea groups is 1. The van der Waals surface area contributed by atoms with Crippen LogP contribution < -0.4 is 5.32 Å². The zero-order valence-electron chi connectivity index (χ0n) is 16.7. The third-order valence-corrected chi connectivity index (χ3v) is 6.60. The number of hydrogen-bond donors (Lipinski definition) is 2. The van der Waals surface area contributed by atoms with E-state index in [1.165, 1.54) is 4.88 Å². The van der Waals surface area contributed by atoms with E-state index in [1.807, 2.05) is 22.9 Å². The quantitative estimate of drug-likeness (QED) is 0.702. The number of carboxylic acids is 1. The van der Waals surface area contributed by atoms with Crippen molar-refractivity contribution in [2.75, 3.05) is 26.7 Å². The maximum Gasteiger partial charge on any atom is 0.317 e. The maximum absolute atomic E-state index is 13.0. The highest BCUT2D eigenvalue weighted by atomic mass is 32.1. The normalized spacial score (nSPS) is 19.1. The number of hydrogen-bond acceptors (Lipinski definition) is 4. The first-order valence-electron chi connectivity index (χ1n) is 9.97. The van der Waals surface area contributed by atoms with E-state index in [9.17, 15) is 9.59 Å². The van der Waals surface area contributed by atoms with Gasteiger partial charge >= 0.3 is 12.0 Å². The van der Waals surface area contributed by atoms with Crippen LogP contribution in [0, 0.1) is 5.92 Å². The van der Waals surface area contributed by atoms with Crippen molar-refractivity contribution >= 4 is 23.3 Å². The van der Waals surface area contributed by atoms with Crippen molar-refractivity contribution in [3.05, 3.63) is 22.4 Å². The highest BCUT2D eigenvalue weighted by molar-refractivity contribution is 7.10. The second kappa shape index (κ2) is 10.7. The lowest BCUT2D eigenvalue weighted by Gasteiger charge is -2.30. The predicted molar refractivity (Wildman–Crippen MR) is 109 cm³/mol. The first kappa shape index (κ1) is 21.7. The van der Waals surface area contributed by atoms with Crippen LogP contribution in [-0.2, 0) is 4.79 Å². The summed E-state index contributed by atoms with van der Waals surface area (Å²) in [5, 5.41) is 14.3. The third kappa shape index (κ3) is 6.21. The summed E-state index contributed by atoms with van der Waals surface area (Å²) in [5.41, 5.74) is 0. The first-order valence-corrected chi connectivity index (χ1v) is 10.8. The Balaban J connectivity index is 1.98. The molecule has 2 atom stereocenters. The molecule has 27 heavy (non-hydrogen) atoms. The number of thiophene rings is 1. The number of nitrogens with one attached hydrogen (secondary N) is 1. The third-order valence-electron chi connectivity index (χ3n) is 5.64. The van der Waals surface area contributed by atoms with Crippen LogP contribution in [0.2, 0.25) is 0 Å². The van der Waals surface area contributed by atoms with Crippen LogP contribution in [-0.4, -0.2) is 59.6 Å². The van der Waals surface area contributed by atoms with E-state index >= 15 is 0 Å². The molecule has 0 bridgehead atoms. The van der Waals surface area contributed by atoms with Crippen molar-refractivity contribution in [2.24, 2.45) is 5.92 Å². The molecule has 6 nitrogen and oxygen atoms in total. The highest BCUT2D eigenvalue weighted by Gasteiger charge is 2.28. The van der Waals surface area contributed by atoms with Gasteiger partial charge in [-0.05, 0) is 43.7 Å². The Morgan fingerprint density at radius 1 is 1.33 bits per heavy atom. The number of rotatable bonds is 8. The average Bonchev–Trinajstić information content (AvgIpc) is 3.04. The lowest BCUT2D eigenvalue weighted by atomic mass is 9.93. The van der Waals surface area contributed by atoms with E-state index in [4.69, 9.17) is 5.11 Å². The summed E-state index contributed by atoms with van der Waals surface area (Å²) in [6.07, 6.45) is 4.69. The number of likely N-dealkylation sites (N-methyl/N-ethyl adjacent to an activating group) is 1. The first-order chi connectivity index (χ1) is 13.0. The van der Waals surface area contributed by atoms with Gasteiger partial charge in [-0.15, -0.1) is 11.3 Å². The van der Waals surface area contributed by atoms with Crippen molar-refractivity contribution < 1.29 is 14.7 Å². The zero-order valence-corrected chi connectivity index (χ0v) is 17.5. The van der Waals surface area contributed by atoms with Crippen molar-refractivity contribution in [2.45, 2.75) is 58.0 Å². The van der Waals surface area contributed by atoms with Gasteiger partial charge in [0.1, 0.15) is 0 Å². The van der Waals surface area contributed by atoms with Gasteiger partial charge in [-0.1, -0.05) is 32.8 Å². The van der Waals surface area contributed by atoms with Gasteiger partial charge in [0.15, 0.2) is 0 Å². The molecule has 2 amide bonds. The Bertz CT molecular complexity index is 589. The molecule has 7 heteroatoms. The van der Waals surface area contributed by atoms with Gasteiger partial charge in [-0.3, -0.25) is 9.69 Å². The topological polar surface area (TPSA) is 72.9 Å². The van der Waals surface area contributed by atoms with E-state index < -0.39 is 5.97 Å². The highest BCUT2D eigenvalue weighted by Crippen LogP contribution is 2.30. The maximum atomic E-state index is 13.0. The number of carboxylic acid groups (broad SMARTS) is 1. The Morgan fingerprint density at radius 2 is 2.07 bits per heavy atom. The smallest absolute Gasteiger partial charge is 0.317 e. The van der Waals surface area contributed by atoms with E-state index in [0.717, 1.165) is 38.6 Å². The largest absolute Gasteiger partial charge is 0.480 e. The van der Waals surface area contributed by atoms with E-state index in [-0.39, 0.29) is 24.7 Å². The van der Waals surface area contributed by atoms with Crippen molar-refractivity contribution in [1.82, 2.24) is 15.1 Å². The number of carbonyl (C=O) groups excluding carboxylic acids is 1. The molecule has 1 aliphatic rings. The molecule has 1 aliphatic heterocycles. The molecule has 2 N–H and O–H groups in total. The molecule has 152 valence electrons. The van der Waals surface area contributed by atoms with Gasteiger partial charge < -0.3 is 15.3 Å². The van der Waals surface area contributed by atoms with Gasteiger partial charge in [0.05, 0.1) is 12.6 Å². The molecule has 1 aromatic heterocycles. The van der Waals surface area contributed by atoms with Crippen LogP contribution in [0.15, 0.2) is 17.5 Å². The van der Waals surface area contributed by atoms with Gasteiger partial charge in [0.2, 0.25) is 0 Å². The number of likely N-dealkylation sites (tertiary alicyclic amines) is 1. The van der Waals surface area contributed by atoms with E-state index in [2.05, 4.69) is 30.6 Å². The molecule has 2 heterocycles. The van der Waals surface area contributed by atoms with Crippen molar-refractivity contribution in [1.29, 1.82) is 0 Å². The van der Waals surface area contributed by atoms with Crippen LogP contribution in [0.4, 0.5) is 4.79 Å². The van der Waals surface area contributed by atoms with Crippen molar-refractivity contribution in [3.63, 3.8) is 0 Å². The summed E-state index contributed by atoms with van der Waals surface area (Å²) < 4.78 is 0. The molecule has 1 fully saturated rings. The summed E-state index contributed by atoms with van der Waals surface area (Å²) >= 11 is 1.70. The minimum absolute atomic E-state index is 0.00170. The monoisotopic (exact) mass is 395 g/mol. The summed E-state index contributed by atoms with van der Waals surface area (Å²) in [4.78, 5) is 28.9. The Kier molecular flexibility index (Phi) is 8.57. The number of nitrogens with zero attached hydrogens (tertiary/aromatic N) is 2. The SMILES string of the molecule is CCC(CC)C(NC(=O)N1CCCC(N(C)CC(=O)O)CC1)c1cccs1. The Morgan fingerprint density at radius 3 is 2.67 bits per heavy atom. The summed E-state index contributed by atoms with van der Waals surface area (Å²) in [6, 6.07) is 4.41. The van der Waals surface area contributed by atoms with E-state index in [1.54, 1.807) is 11.3 Å². The summed E-state index contributed by atoms with van der Waals surface area (Å²) in [7, 11) is 1.86. The Labute approximate surface area is 166 Å². The standard InChI is InChI=1S/C20H33N3O3S/c1-4-15(5-2)19(17-9-7-13-27-17)21-20(26)23-11-6-8-16(10-12-23)22(3)14-18(24)25/h7,9,13,15-16,19H,4-6,8,10-12,14H2,1-3H3,(H,21,26)(H,24,25). The molecule has 2 unspecified atom stereocenters. The fraction of sp³-hybridized carbons (Fsp3) is 0.700. The molecular weight excluding hydrogens is 362 g/mol. The van der Waals surface area contributed by atoms with Gasteiger partial charge in [-0.25, -0.2) is 4.79 Å². The van der Waals surface area contributed by atoms with Gasteiger partial charge in [0, 0.05) is 24.0 Å². The lowest BCUT2D eigenvalue weighted by Crippen LogP contribution is -2.44. The molecule has 0 radical (unpaired) electrons. The number of amides is 2. The molecule has 2 rings (SSSR count). The lowest BCUT2D eigenvalue weighted by molar-refractivity contribution is -0.138. The van der Waals surface area contributed by atoms with Gasteiger partial charge in [0.25, 0.3) is 0 Å². The fourth-order valence-electron chi connectivity index (χ4n) is 3.94. The molecule has 1 saturated heterocycles. The number of aliphatic carboxylic acids is 1. The molecule has 0 spiro atoms. The second-order valence-corrected chi connectivity index (χ2v) is 8.38.